The molecule has 0 heterocycles. The molecule has 0 aromatic heterocycles. The summed E-state index contributed by atoms with van der Waals surface area (Å²) in [5.41, 5.74) is 0. The molecular weight excluding hydrogens is 224 g/mol. The summed E-state index contributed by atoms with van der Waals surface area (Å²) < 4.78 is 0. The predicted molar refractivity (Wildman–Crippen MR) is 68.8 cm³/mol. The van der Waals surface area contributed by atoms with E-state index in [1.54, 1.807) is 7.05 Å². The summed E-state index contributed by atoms with van der Waals surface area (Å²) in [6, 6.07) is 0. The minimum absolute atomic E-state index is 0.101. The Balaban J connectivity index is 3.88. The highest BCUT2D eigenvalue weighted by molar-refractivity contribution is 7.80. The van der Waals surface area contributed by atoms with Gasteiger partial charge in [0.15, 0.2) is 0 Å². The van der Waals surface area contributed by atoms with Crippen molar-refractivity contribution < 1.29 is 9.59 Å². The van der Waals surface area contributed by atoms with Crippen LogP contribution in [0.1, 0.15) is 19.3 Å². The second-order valence-corrected chi connectivity index (χ2v) is 4.51. The van der Waals surface area contributed by atoms with E-state index < -0.39 is 0 Å². The van der Waals surface area contributed by atoms with Crippen molar-refractivity contribution in [1.82, 2.24) is 10.2 Å². The molecule has 0 rings (SSSR count). The van der Waals surface area contributed by atoms with Crippen molar-refractivity contribution >= 4 is 24.3 Å². The number of hydrogen-bond acceptors (Lipinski definition) is 4. The molecule has 4 nitrogen and oxygen atoms in total. The SMILES string of the molecule is CNC(=O)[C@H](CS)CC(=O)CCCN(C)C. The highest BCUT2D eigenvalue weighted by Gasteiger charge is 2.18. The minimum atomic E-state index is -0.291. The summed E-state index contributed by atoms with van der Waals surface area (Å²) in [5, 5.41) is 2.55. The van der Waals surface area contributed by atoms with Crippen molar-refractivity contribution in [3.05, 3.63) is 0 Å². The Morgan fingerprint density at radius 1 is 1.38 bits per heavy atom. The largest absolute Gasteiger partial charge is 0.359 e. The van der Waals surface area contributed by atoms with Crippen LogP contribution in [-0.2, 0) is 9.59 Å². The van der Waals surface area contributed by atoms with Gasteiger partial charge in [0.25, 0.3) is 0 Å². The van der Waals surface area contributed by atoms with Crippen LogP contribution < -0.4 is 5.32 Å². The zero-order valence-electron chi connectivity index (χ0n) is 10.3. The second kappa shape index (κ2) is 8.58. The molecule has 0 radical (unpaired) electrons. The lowest BCUT2D eigenvalue weighted by Gasteiger charge is -2.12. The van der Waals surface area contributed by atoms with Crippen LogP contribution in [0.3, 0.4) is 0 Å². The third-order valence-corrected chi connectivity index (χ3v) is 2.81. The molecule has 0 aliphatic heterocycles. The predicted octanol–water partition coefficient (Wildman–Crippen LogP) is 0.579. The first-order chi connectivity index (χ1) is 7.51. The van der Waals surface area contributed by atoms with E-state index in [0.717, 1.165) is 13.0 Å². The number of carbonyl (C=O) groups excluding carboxylic acids is 2. The van der Waals surface area contributed by atoms with Gasteiger partial charge in [-0.25, -0.2) is 0 Å². The smallest absolute Gasteiger partial charge is 0.224 e. The van der Waals surface area contributed by atoms with Gasteiger partial charge in [0.2, 0.25) is 5.91 Å². The van der Waals surface area contributed by atoms with Crippen LogP contribution in [0.25, 0.3) is 0 Å². The van der Waals surface area contributed by atoms with Crippen LogP contribution in [0.5, 0.6) is 0 Å². The van der Waals surface area contributed by atoms with Crippen molar-refractivity contribution in [2.24, 2.45) is 5.92 Å². The summed E-state index contributed by atoms with van der Waals surface area (Å²) >= 11 is 4.09. The van der Waals surface area contributed by atoms with Crippen molar-refractivity contribution in [2.75, 3.05) is 33.4 Å². The molecule has 94 valence electrons. The van der Waals surface area contributed by atoms with E-state index in [4.69, 9.17) is 0 Å². The number of thiol groups is 1. The summed E-state index contributed by atoms with van der Waals surface area (Å²) in [6.45, 7) is 0.900. The molecule has 0 fully saturated rings. The Labute approximate surface area is 103 Å². The van der Waals surface area contributed by atoms with E-state index in [-0.39, 0.29) is 17.6 Å². The van der Waals surface area contributed by atoms with Gasteiger partial charge in [0.1, 0.15) is 5.78 Å². The van der Waals surface area contributed by atoms with E-state index >= 15 is 0 Å². The highest BCUT2D eigenvalue weighted by atomic mass is 32.1. The molecule has 0 aliphatic carbocycles. The van der Waals surface area contributed by atoms with Gasteiger partial charge in [-0.15, -0.1) is 0 Å². The summed E-state index contributed by atoms with van der Waals surface area (Å²) in [6.07, 6.45) is 1.69. The Hall–Kier alpha value is -0.550. The summed E-state index contributed by atoms with van der Waals surface area (Å²) in [7, 11) is 5.53. The molecule has 1 amide bonds. The van der Waals surface area contributed by atoms with Gasteiger partial charge < -0.3 is 10.2 Å². The number of nitrogens with zero attached hydrogens (tertiary/aromatic N) is 1. The Morgan fingerprint density at radius 3 is 2.44 bits per heavy atom. The molecule has 0 spiro atoms. The molecule has 0 aromatic rings. The average Bonchev–Trinajstić information content (AvgIpc) is 2.24. The van der Waals surface area contributed by atoms with Crippen LogP contribution in [0, 0.1) is 5.92 Å². The van der Waals surface area contributed by atoms with Crippen LogP contribution in [0.4, 0.5) is 0 Å². The maximum Gasteiger partial charge on any atom is 0.224 e. The van der Waals surface area contributed by atoms with Crippen molar-refractivity contribution in [3.63, 3.8) is 0 Å². The van der Waals surface area contributed by atoms with Gasteiger partial charge in [0, 0.05) is 25.6 Å². The number of nitrogens with one attached hydrogen (secondary N) is 1. The number of Topliss-reactive ketones (excluding diaryl/α,β-unsaturated/α-hetero) is 1. The lowest BCUT2D eigenvalue weighted by atomic mass is 10.0. The maximum absolute atomic E-state index is 11.6. The molecule has 1 N–H and O–H groups in total. The highest BCUT2D eigenvalue weighted by Crippen LogP contribution is 2.09. The van der Waals surface area contributed by atoms with E-state index in [1.807, 2.05) is 19.0 Å². The summed E-state index contributed by atoms with van der Waals surface area (Å²) in [4.78, 5) is 25.0. The summed E-state index contributed by atoms with van der Waals surface area (Å²) in [5.74, 6) is 0.166. The van der Waals surface area contributed by atoms with Crippen molar-refractivity contribution in [2.45, 2.75) is 19.3 Å². The quantitative estimate of drug-likeness (QED) is 0.616. The molecule has 5 heteroatoms. The third-order valence-electron chi connectivity index (χ3n) is 2.37. The number of carbonyl (C=O) groups is 2. The van der Waals surface area contributed by atoms with Crippen LogP contribution in [0.15, 0.2) is 0 Å². The first-order valence-electron chi connectivity index (χ1n) is 5.50. The van der Waals surface area contributed by atoms with Gasteiger partial charge in [-0.3, -0.25) is 9.59 Å². The molecule has 0 saturated carbocycles. The first kappa shape index (κ1) is 15.4. The standard InChI is InChI=1S/C11H22N2O2S/c1-12-11(15)9(8-16)7-10(14)5-4-6-13(2)3/h9,16H,4-8H2,1-3H3,(H,12,15)/t9-/m0/s1. The number of rotatable bonds is 8. The average molecular weight is 246 g/mol. The number of amides is 1. The first-order valence-corrected chi connectivity index (χ1v) is 6.13. The van der Waals surface area contributed by atoms with Gasteiger partial charge in [-0.2, -0.15) is 12.6 Å². The van der Waals surface area contributed by atoms with E-state index in [9.17, 15) is 9.59 Å². The van der Waals surface area contributed by atoms with Crippen LogP contribution >= 0.6 is 12.6 Å². The molecular formula is C11H22N2O2S. The lowest BCUT2D eigenvalue weighted by Crippen LogP contribution is -2.30. The topological polar surface area (TPSA) is 49.4 Å². The molecule has 1 atom stereocenters. The van der Waals surface area contributed by atoms with Gasteiger partial charge >= 0.3 is 0 Å². The molecule has 0 aliphatic rings. The zero-order chi connectivity index (χ0) is 12.6. The zero-order valence-corrected chi connectivity index (χ0v) is 11.2. The lowest BCUT2D eigenvalue weighted by molar-refractivity contribution is -0.128. The molecule has 16 heavy (non-hydrogen) atoms. The molecule has 0 saturated heterocycles. The molecule has 0 bridgehead atoms. The monoisotopic (exact) mass is 246 g/mol. The maximum atomic E-state index is 11.6. The second-order valence-electron chi connectivity index (χ2n) is 4.14. The van der Waals surface area contributed by atoms with Gasteiger partial charge in [0.05, 0.1) is 5.92 Å². The Kier molecular flexibility index (Phi) is 8.29. The van der Waals surface area contributed by atoms with Crippen molar-refractivity contribution in [3.8, 4) is 0 Å². The molecule has 0 aromatic carbocycles. The van der Waals surface area contributed by atoms with Gasteiger partial charge in [-0.1, -0.05) is 0 Å². The fraction of sp³-hybridized carbons (Fsp3) is 0.818. The fourth-order valence-electron chi connectivity index (χ4n) is 1.41. The minimum Gasteiger partial charge on any atom is -0.359 e. The molecule has 0 unspecified atom stereocenters. The van der Waals surface area contributed by atoms with Crippen LogP contribution in [0.2, 0.25) is 0 Å². The fourth-order valence-corrected chi connectivity index (χ4v) is 1.71. The number of hydrogen-bond donors (Lipinski definition) is 2. The van der Waals surface area contributed by atoms with E-state index in [1.165, 1.54) is 0 Å². The van der Waals surface area contributed by atoms with Gasteiger partial charge in [-0.05, 0) is 27.1 Å². The third kappa shape index (κ3) is 6.85. The Bertz CT molecular complexity index is 232. The van der Waals surface area contributed by atoms with E-state index in [2.05, 4.69) is 17.9 Å². The number of ketones is 1. The van der Waals surface area contributed by atoms with Crippen LogP contribution in [-0.4, -0.2) is 50.0 Å². The van der Waals surface area contributed by atoms with Crippen molar-refractivity contribution in [1.29, 1.82) is 0 Å². The Morgan fingerprint density at radius 2 is 2.00 bits per heavy atom. The van der Waals surface area contributed by atoms with E-state index in [0.29, 0.717) is 18.6 Å². The normalized spacial score (nSPS) is 12.6.